The first kappa shape index (κ1) is 21.1. The Morgan fingerprint density at radius 3 is 2.19 bits per heavy atom. The van der Waals surface area contributed by atoms with E-state index >= 15 is 0 Å². The van der Waals surface area contributed by atoms with Crippen LogP contribution in [0.1, 0.15) is 34.3 Å². The van der Waals surface area contributed by atoms with Crippen LogP contribution in [-0.4, -0.2) is 60.7 Å². The second-order valence-corrected chi connectivity index (χ2v) is 8.31. The molecular weight excluding hydrogens is 392 g/mol. The molecule has 7 nitrogen and oxygen atoms in total. The monoisotopic (exact) mass is 420 g/mol. The van der Waals surface area contributed by atoms with Gasteiger partial charge in [0.15, 0.2) is 0 Å². The number of likely N-dealkylation sites (N-methyl/N-ethyl adjacent to an activating group) is 1. The first-order valence-electron chi connectivity index (χ1n) is 10.7. The highest BCUT2D eigenvalue weighted by molar-refractivity contribution is 6.05. The van der Waals surface area contributed by atoms with Gasteiger partial charge in [0.2, 0.25) is 11.8 Å². The van der Waals surface area contributed by atoms with Gasteiger partial charge in [-0.2, -0.15) is 0 Å². The summed E-state index contributed by atoms with van der Waals surface area (Å²) in [5.41, 5.74) is 4.35. The molecule has 0 bridgehead atoms. The van der Waals surface area contributed by atoms with E-state index in [1.807, 2.05) is 13.0 Å². The zero-order valence-electron chi connectivity index (χ0n) is 18.1. The minimum absolute atomic E-state index is 0.137. The number of amides is 3. The third-order valence-electron chi connectivity index (χ3n) is 6.04. The highest BCUT2D eigenvalue weighted by atomic mass is 16.2. The van der Waals surface area contributed by atoms with Gasteiger partial charge in [0, 0.05) is 56.0 Å². The molecule has 0 unspecified atom stereocenters. The van der Waals surface area contributed by atoms with Crippen molar-refractivity contribution in [1.82, 2.24) is 9.80 Å². The van der Waals surface area contributed by atoms with E-state index < -0.39 is 0 Å². The normalized spacial score (nSPS) is 17.4. The number of nitrogens with zero attached hydrogens (tertiary/aromatic N) is 3. The zero-order chi connectivity index (χ0) is 22.0. The predicted molar refractivity (Wildman–Crippen MR) is 120 cm³/mol. The van der Waals surface area contributed by atoms with Gasteiger partial charge >= 0.3 is 0 Å². The fourth-order valence-electron chi connectivity index (χ4n) is 3.99. The van der Waals surface area contributed by atoms with E-state index in [1.54, 1.807) is 24.3 Å². The van der Waals surface area contributed by atoms with Gasteiger partial charge in [0.25, 0.3) is 5.91 Å². The van der Waals surface area contributed by atoms with Gasteiger partial charge in [-0.25, -0.2) is 0 Å². The van der Waals surface area contributed by atoms with Crippen molar-refractivity contribution in [3.63, 3.8) is 0 Å². The van der Waals surface area contributed by atoms with Gasteiger partial charge in [0.1, 0.15) is 0 Å². The summed E-state index contributed by atoms with van der Waals surface area (Å²) < 4.78 is 0. The van der Waals surface area contributed by atoms with Gasteiger partial charge < -0.3 is 15.1 Å². The third-order valence-corrected chi connectivity index (χ3v) is 6.04. The molecule has 3 amide bonds. The fraction of sp³-hybridized carbons (Fsp3) is 0.375. The molecule has 2 saturated heterocycles. The van der Waals surface area contributed by atoms with Crippen molar-refractivity contribution >= 4 is 29.1 Å². The number of carbonyl (C=O) groups is 3. The van der Waals surface area contributed by atoms with Gasteiger partial charge in [-0.3, -0.25) is 19.3 Å². The SMILES string of the molecule is Cc1cc(N2CCN(C)CC2)ccc1NC(=O)c1ccc(CN2C(=O)CCC2=O)cc1. The number of anilines is 2. The first-order valence-corrected chi connectivity index (χ1v) is 10.7. The minimum Gasteiger partial charge on any atom is -0.369 e. The maximum absolute atomic E-state index is 12.7. The quantitative estimate of drug-likeness (QED) is 0.753. The number of benzene rings is 2. The lowest BCUT2D eigenvalue weighted by Crippen LogP contribution is -2.44. The molecule has 0 aromatic heterocycles. The summed E-state index contributed by atoms with van der Waals surface area (Å²) in [4.78, 5) is 42.2. The topological polar surface area (TPSA) is 73.0 Å². The number of rotatable bonds is 5. The summed E-state index contributed by atoms with van der Waals surface area (Å²) in [6, 6.07) is 13.2. The maximum atomic E-state index is 12.7. The minimum atomic E-state index is -0.185. The number of hydrogen-bond donors (Lipinski definition) is 1. The van der Waals surface area contributed by atoms with Crippen LogP contribution in [0.4, 0.5) is 11.4 Å². The number of carbonyl (C=O) groups excluding carboxylic acids is 3. The molecule has 7 heteroatoms. The standard InChI is InChI=1S/C24H28N4O3/c1-17-15-20(27-13-11-26(2)12-14-27)7-8-21(17)25-24(31)19-5-3-18(4-6-19)16-28-22(29)9-10-23(28)30/h3-8,15H,9-14,16H2,1-2H3,(H,25,31). The molecule has 0 spiro atoms. The highest BCUT2D eigenvalue weighted by Crippen LogP contribution is 2.24. The molecule has 0 saturated carbocycles. The fourth-order valence-corrected chi connectivity index (χ4v) is 3.99. The van der Waals surface area contributed by atoms with E-state index in [4.69, 9.17) is 0 Å². The van der Waals surface area contributed by atoms with Gasteiger partial charge in [-0.05, 0) is 55.4 Å². The smallest absolute Gasteiger partial charge is 0.255 e. The first-order chi connectivity index (χ1) is 14.9. The van der Waals surface area contributed by atoms with Crippen LogP contribution in [0.15, 0.2) is 42.5 Å². The molecule has 0 atom stereocenters. The summed E-state index contributed by atoms with van der Waals surface area (Å²) >= 11 is 0. The van der Waals surface area contributed by atoms with Crippen LogP contribution in [0.5, 0.6) is 0 Å². The number of aryl methyl sites for hydroxylation is 1. The molecule has 162 valence electrons. The number of likely N-dealkylation sites (tertiary alicyclic amines) is 1. The number of imide groups is 1. The van der Waals surface area contributed by atoms with E-state index in [0.29, 0.717) is 5.56 Å². The Balaban J connectivity index is 1.38. The van der Waals surface area contributed by atoms with Crippen molar-refractivity contribution < 1.29 is 14.4 Å². The van der Waals surface area contributed by atoms with Crippen molar-refractivity contribution in [1.29, 1.82) is 0 Å². The summed E-state index contributed by atoms with van der Waals surface area (Å²) in [7, 11) is 2.14. The Morgan fingerprint density at radius 2 is 1.58 bits per heavy atom. The molecule has 2 fully saturated rings. The average Bonchev–Trinajstić information content (AvgIpc) is 3.08. The zero-order valence-corrected chi connectivity index (χ0v) is 18.1. The molecule has 1 N–H and O–H groups in total. The number of hydrogen-bond acceptors (Lipinski definition) is 5. The second kappa shape index (κ2) is 8.89. The highest BCUT2D eigenvalue weighted by Gasteiger charge is 2.28. The van der Waals surface area contributed by atoms with E-state index in [9.17, 15) is 14.4 Å². The van der Waals surface area contributed by atoms with Crippen molar-refractivity contribution in [2.45, 2.75) is 26.3 Å². The van der Waals surface area contributed by atoms with Crippen molar-refractivity contribution in [3.05, 3.63) is 59.2 Å². The van der Waals surface area contributed by atoms with Gasteiger partial charge in [-0.15, -0.1) is 0 Å². The lowest BCUT2D eigenvalue weighted by molar-refractivity contribution is -0.139. The van der Waals surface area contributed by atoms with Crippen LogP contribution in [0.2, 0.25) is 0 Å². The Morgan fingerprint density at radius 1 is 0.935 bits per heavy atom. The number of piperazine rings is 1. The van der Waals surface area contributed by atoms with Crippen LogP contribution >= 0.6 is 0 Å². The second-order valence-electron chi connectivity index (χ2n) is 8.31. The van der Waals surface area contributed by atoms with Crippen molar-refractivity contribution in [3.8, 4) is 0 Å². The number of nitrogens with one attached hydrogen (secondary N) is 1. The molecule has 0 radical (unpaired) electrons. The van der Waals surface area contributed by atoms with Gasteiger partial charge in [0.05, 0.1) is 6.54 Å². The van der Waals surface area contributed by atoms with Gasteiger partial charge in [-0.1, -0.05) is 12.1 Å². The molecule has 2 aliphatic heterocycles. The van der Waals surface area contributed by atoms with E-state index in [1.165, 1.54) is 10.6 Å². The van der Waals surface area contributed by atoms with Crippen LogP contribution < -0.4 is 10.2 Å². The molecular formula is C24H28N4O3. The van der Waals surface area contributed by atoms with Crippen LogP contribution in [0.25, 0.3) is 0 Å². The van der Waals surface area contributed by atoms with E-state index in [0.717, 1.165) is 43.0 Å². The third kappa shape index (κ3) is 4.77. The lowest BCUT2D eigenvalue weighted by Gasteiger charge is -2.34. The molecule has 2 heterocycles. The summed E-state index contributed by atoms with van der Waals surface area (Å²) in [6.07, 6.45) is 0.568. The lowest BCUT2D eigenvalue weighted by atomic mass is 10.1. The average molecular weight is 421 g/mol. The Kier molecular flexibility index (Phi) is 6.04. The maximum Gasteiger partial charge on any atom is 0.255 e. The van der Waals surface area contributed by atoms with Crippen LogP contribution in [0, 0.1) is 6.92 Å². The Bertz CT molecular complexity index is 978. The Hall–Kier alpha value is -3.19. The molecule has 0 aliphatic carbocycles. The molecule has 4 rings (SSSR count). The van der Waals surface area contributed by atoms with Crippen molar-refractivity contribution in [2.24, 2.45) is 0 Å². The molecule has 2 aromatic carbocycles. The van der Waals surface area contributed by atoms with Crippen LogP contribution in [0.3, 0.4) is 0 Å². The summed E-state index contributed by atoms with van der Waals surface area (Å²) in [6.45, 7) is 6.36. The molecule has 2 aromatic rings. The summed E-state index contributed by atoms with van der Waals surface area (Å²) in [5, 5.41) is 2.99. The molecule has 2 aliphatic rings. The van der Waals surface area contributed by atoms with E-state index in [2.05, 4.69) is 34.3 Å². The Labute approximate surface area is 182 Å². The predicted octanol–water partition coefficient (Wildman–Crippen LogP) is 2.65. The summed E-state index contributed by atoms with van der Waals surface area (Å²) in [5.74, 6) is -0.458. The molecule has 31 heavy (non-hydrogen) atoms. The van der Waals surface area contributed by atoms with Crippen molar-refractivity contribution in [2.75, 3.05) is 43.4 Å². The largest absolute Gasteiger partial charge is 0.369 e. The van der Waals surface area contributed by atoms with Crippen LogP contribution in [-0.2, 0) is 16.1 Å². The van der Waals surface area contributed by atoms with E-state index in [-0.39, 0.29) is 37.1 Å².